The van der Waals surface area contributed by atoms with Crippen LogP contribution in [0.4, 0.5) is 0 Å². The van der Waals surface area contributed by atoms with Gasteiger partial charge >= 0.3 is 0 Å². The molecule has 0 aliphatic carbocycles. The van der Waals surface area contributed by atoms with Gasteiger partial charge in [0.15, 0.2) is 0 Å². The Morgan fingerprint density at radius 1 is 1.40 bits per heavy atom. The smallest absolute Gasteiger partial charge is 0.126 e. The largest absolute Gasteiger partial charge is 0.496 e. The van der Waals surface area contributed by atoms with Crippen LogP contribution in [-0.2, 0) is 6.54 Å². The summed E-state index contributed by atoms with van der Waals surface area (Å²) in [4.78, 5) is 0. The van der Waals surface area contributed by atoms with Gasteiger partial charge in [0.05, 0.1) is 19.7 Å². The number of rotatable bonds is 4. The van der Waals surface area contributed by atoms with E-state index in [1.807, 2.05) is 6.92 Å². The van der Waals surface area contributed by atoms with Crippen LogP contribution < -0.4 is 10.1 Å². The normalized spacial score (nSPS) is 9.73. The van der Waals surface area contributed by atoms with Crippen LogP contribution in [0.2, 0.25) is 0 Å². The van der Waals surface area contributed by atoms with E-state index in [1.54, 1.807) is 7.11 Å². The van der Waals surface area contributed by atoms with Gasteiger partial charge in [-0.3, -0.25) is 0 Å². The Labute approximate surface area is 90.7 Å². The van der Waals surface area contributed by atoms with E-state index >= 15 is 0 Å². The number of hydrogen-bond acceptors (Lipinski definition) is 3. The first kappa shape index (κ1) is 11.5. The van der Waals surface area contributed by atoms with Crippen LogP contribution in [0.25, 0.3) is 0 Å². The second-order valence-electron chi connectivity index (χ2n) is 3.54. The third-order valence-corrected chi connectivity index (χ3v) is 2.22. The van der Waals surface area contributed by atoms with Gasteiger partial charge in [0.2, 0.25) is 0 Å². The zero-order chi connectivity index (χ0) is 11.3. The van der Waals surface area contributed by atoms with Crippen molar-refractivity contribution in [2.75, 3.05) is 13.7 Å². The first-order valence-electron chi connectivity index (χ1n) is 4.90. The molecular weight excluding hydrogens is 188 g/mol. The van der Waals surface area contributed by atoms with Gasteiger partial charge in [-0.05, 0) is 19.4 Å². The van der Waals surface area contributed by atoms with Crippen LogP contribution in [0, 0.1) is 25.2 Å². The monoisotopic (exact) mass is 204 g/mol. The molecule has 0 aromatic heterocycles. The fourth-order valence-electron chi connectivity index (χ4n) is 1.72. The maximum absolute atomic E-state index is 8.44. The highest BCUT2D eigenvalue weighted by Crippen LogP contribution is 2.24. The van der Waals surface area contributed by atoms with Gasteiger partial charge < -0.3 is 10.1 Å². The van der Waals surface area contributed by atoms with Crippen LogP contribution in [0.3, 0.4) is 0 Å². The predicted octanol–water partition coefficient (Wildman–Crippen LogP) is 1.93. The fourth-order valence-corrected chi connectivity index (χ4v) is 1.72. The Kier molecular flexibility index (Phi) is 4.14. The lowest BCUT2D eigenvalue weighted by Gasteiger charge is -2.12. The average Bonchev–Trinajstić information content (AvgIpc) is 2.17. The van der Waals surface area contributed by atoms with E-state index in [-0.39, 0.29) is 0 Å². The third kappa shape index (κ3) is 2.97. The van der Waals surface area contributed by atoms with E-state index in [9.17, 15) is 0 Å². The zero-order valence-corrected chi connectivity index (χ0v) is 9.42. The number of ether oxygens (including phenoxy) is 1. The molecule has 0 fully saturated rings. The highest BCUT2D eigenvalue weighted by molar-refractivity contribution is 5.43. The Balaban J connectivity index is 2.89. The minimum atomic E-state index is 0.357. The number of nitrogens with zero attached hydrogens (tertiary/aromatic N) is 1. The molecule has 0 bridgehead atoms. The van der Waals surface area contributed by atoms with Crippen molar-refractivity contribution < 1.29 is 4.74 Å². The average molecular weight is 204 g/mol. The highest BCUT2D eigenvalue weighted by Gasteiger charge is 2.06. The first-order valence-corrected chi connectivity index (χ1v) is 4.90. The number of methoxy groups -OCH3 is 1. The molecule has 0 aliphatic rings. The van der Waals surface area contributed by atoms with Crippen molar-refractivity contribution in [3.63, 3.8) is 0 Å². The summed E-state index contributed by atoms with van der Waals surface area (Å²) >= 11 is 0. The Hall–Kier alpha value is -1.53. The predicted molar refractivity (Wildman–Crippen MR) is 59.8 cm³/mol. The zero-order valence-electron chi connectivity index (χ0n) is 9.42. The van der Waals surface area contributed by atoms with Gasteiger partial charge in [0.1, 0.15) is 5.75 Å². The second kappa shape index (κ2) is 5.38. The highest BCUT2D eigenvalue weighted by atomic mass is 16.5. The van der Waals surface area contributed by atoms with E-state index in [0.717, 1.165) is 16.9 Å². The van der Waals surface area contributed by atoms with E-state index in [4.69, 9.17) is 10.00 Å². The molecule has 1 N–H and O–H groups in total. The molecule has 0 spiro atoms. The first-order chi connectivity index (χ1) is 7.19. The fraction of sp³-hybridized carbons (Fsp3) is 0.417. The minimum Gasteiger partial charge on any atom is -0.496 e. The number of nitriles is 1. The SMILES string of the molecule is COc1c(C)cc(C)cc1CNCC#N. The molecule has 0 saturated carbocycles. The Morgan fingerprint density at radius 3 is 2.73 bits per heavy atom. The van der Waals surface area contributed by atoms with Crippen LogP contribution in [0.15, 0.2) is 12.1 Å². The van der Waals surface area contributed by atoms with Crippen molar-refractivity contribution in [2.24, 2.45) is 0 Å². The van der Waals surface area contributed by atoms with Crippen molar-refractivity contribution >= 4 is 0 Å². The van der Waals surface area contributed by atoms with E-state index in [0.29, 0.717) is 13.1 Å². The molecule has 15 heavy (non-hydrogen) atoms. The van der Waals surface area contributed by atoms with Crippen molar-refractivity contribution in [1.29, 1.82) is 5.26 Å². The van der Waals surface area contributed by atoms with Crippen molar-refractivity contribution in [2.45, 2.75) is 20.4 Å². The van der Waals surface area contributed by atoms with Crippen LogP contribution in [0.1, 0.15) is 16.7 Å². The van der Waals surface area contributed by atoms with Gasteiger partial charge in [-0.2, -0.15) is 5.26 Å². The lowest BCUT2D eigenvalue weighted by atomic mass is 10.1. The summed E-state index contributed by atoms with van der Waals surface area (Å²) in [6, 6.07) is 6.22. The number of aryl methyl sites for hydroxylation is 2. The minimum absolute atomic E-state index is 0.357. The molecule has 1 aromatic rings. The molecule has 0 amide bonds. The van der Waals surface area contributed by atoms with Crippen LogP contribution >= 0.6 is 0 Å². The van der Waals surface area contributed by atoms with Gasteiger partial charge in [0, 0.05) is 12.1 Å². The van der Waals surface area contributed by atoms with Gasteiger partial charge in [-0.15, -0.1) is 0 Å². The summed E-state index contributed by atoms with van der Waals surface area (Å²) in [5, 5.41) is 11.5. The maximum Gasteiger partial charge on any atom is 0.126 e. The number of benzene rings is 1. The lowest BCUT2D eigenvalue weighted by molar-refractivity contribution is 0.405. The second-order valence-corrected chi connectivity index (χ2v) is 3.54. The van der Waals surface area contributed by atoms with Crippen LogP contribution in [0.5, 0.6) is 5.75 Å². The molecular formula is C12H16N2O. The molecule has 0 radical (unpaired) electrons. The van der Waals surface area contributed by atoms with E-state index in [1.165, 1.54) is 5.56 Å². The Bertz CT molecular complexity index is 380. The molecule has 3 heteroatoms. The van der Waals surface area contributed by atoms with Crippen molar-refractivity contribution in [3.8, 4) is 11.8 Å². The van der Waals surface area contributed by atoms with E-state index in [2.05, 4.69) is 30.4 Å². The summed E-state index contributed by atoms with van der Waals surface area (Å²) in [5.41, 5.74) is 3.44. The molecule has 80 valence electrons. The summed E-state index contributed by atoms with van der Waals surface area (Å²) in [7, 11) is 1.67. The molecule has 0 saturated heterocycles. The van der Waals surface area contributed by atoms with Gasteiger partial charge in [-0.1, -0.05) is 17.7 Å². The molecule has 3 nitrogen and oxygen atoms in total. The van der Waals surface area contributed by atoms with Crippen molar-refractivity contribution in [3.05, 3.63) is 28.8 Å². The van der Waals surface area contributed by atoms with Gasteiger partial charge in [-0.25, -0.2) is 0 Å². The summed E-state index contributed by atoms with van der Waals surface area (Å²) in [6.07, 6.45) is 0. The van der Waals surface area contributed by atoms with Gasteiger partial charge in [0.25, 0.3) is 0 Å². The summed E-state index contributed by atoms with van der Waals surface area (Å²) in [5.74, 6) is 0.908. The topological polar surface area (TPSA) is 45.0 Å². The lowest BCUT2D eigenvalue weighted by Crippen LogP contribution is -2.14. The molecule has 0 heterocycles. The van der Waals surface area contributed by atoms with Crippen molar-refractivity contribution in [1.82, 2.24) is 5.32 Å². The quantitative estimate of drug-likeness (QED) is 0.602. The third-order valence-electron chi connectivity index (χ3n) is 2.22. The molecule has 0 atom stereocenters. The summed E-state index contributed by atoms with van der Waals surface area (Å²) in [6.45, 7) is 5.11. The summed E-state index contributed by atoms with van der Waals surface area (Å²) < 4.78 is 5.34. The van der Waals surface area contributed by atoms with E-state index < -0.39 is 0 Å². The van der Waals surface area contributed by atoms with Crippen LogP contribution in [-0.4, -0.2) is 13.7 Å². The maximum atomic E-state index is 8.44. The molecule has 0 aliphatic heterocycles. The number of hydrogen-bond donors (Lipinski definition) is 1. The number of nitrogens with one attached hydrogen (secondary N) is 1. The molecule has 1 rings (SSSR count). The standard InChI is InChI=1S/C12H16N2O/c1-9-6-10(2)12(15-3)11(7-9)8-14-5-4-13/h6-7,14H,5,8H2,1-3H3. The Morgan fingerprint density at radius 2 is 2.13 bits per heavy atom. The molecule has 0 unspecified atom stereocenters. The molecule has 1 aromatic carbocycles.